The molecule has 0 aliphatic heterocycles. The number of hydrogen-bond donors (Lipinski definition) is 5. The predicted molar refractivity (Wildman–Crippen MR) is 48.2 cm³/mol. The van der Waals surface area contributed by atoms with E-state index in [0.29, 0.717) is 0 Å². The molecule has 8 heteroatoms. The Morgan fingerprint density at radius 2 is 1.24 bits per heavy atom. The molecule has 1 aromatic carbocycles. The molecule has 0 aliphatic rings. The van der Waals surface area contributed by atoms with Gasteiger partial charge in [0.05, 0.1) is 5.56 Å². The smallest absolute Gasteiger partial charge is 0.550 e. The van der Waals surface area contributed by atoms with Crippen molar-refractivity contribution in [1.29, 1.82) is 0 Å². The van der Waals surface area contributed by atoms with E-state index in [2.05, 4.69) is 0 Å². The molecule has 5 N–H and O–H groups in total. The van der Waals surface area contributed by atoms with Crippen LogP contribution in [0.3, 0.4) is 0 Å². The van der Waals surface area contributed by atoms with E-state index >= 15 is 0 Å². The van der Waals surface area contributed by atoms with Gasteiger partial charge in [-0.15, -0.1) is 0 Å². The van der Waals surface area contributed by atoms with Crippen molar-refractivity contribution in [3.63, 3.8) is 0 Å². The van der Waals surface area contributed by atoms with Gasteiger partial charge in [-0.05, 0) is 0 Å². The van der Waals surface area contributed by atoms with E-state index in [-0.39, 0.29) is 18.9 Å². The van der Waals surface area contributed by atoms with Gasteiger partial charge in [0.2, 0.25) is 17.2 Å². The maximum atomic E-state index is 10.6. The number of aromatic hydroxyl groups is 5. The van der Waals surface area contributed by atoms with Crippen LogP contribution in [0.25, 0.3) is 0 Å². The molecule has 0 spiro atoms. The van der Waals surface area contributed by atoms with Gasteiger partial charge in [-0.25, -0.2) is 0 Å². The Morgan fingerprint density at radius 3 is 1.53 bits per heavy atom. The Labute approximate surface area is 108 Å². The van der Waals surface area contributed by atoms with Crippen LogP contribution in [0, 0.1) is 0 Å². The fraction of sp³-hybridized carbons (Fsp3) is 0.222. The molecular weight excluding hydrogens is 227 g/mol. The van der Waals surface area contributed by atoms with Crippen LogP contribution in [0.4, 0.5) is 0 Å². The van der Waals surface area contributed by atoms with Crippen molar-refractivity contribution in [1.82, 2.24) is 0 Å². The normalized spacial score (nSPS) is 11.6. The van der Waals surface area contributed by atoms with Gasteiger partial charge in [-0.1, -0.05) is 6.92 Å². The second-order valence-corrected chi connectivity index (χ2v) is 3.20. The number of hydrogen-bond acceptors (Lipinski definition) is 7. The molecule has 1 aromatic rings. The van der Waals surface area contributed by atoms with Crippen LogP contribution in [0.1, 0.15) is 18.4 Å². The van der Waals surface area contributed by atoms with Crippen molar-refractivity contribution < 1.29 is 54.3 Å². The quantitative estimate of drug-likeness (QED) is 0.200. The average Bonchev–Trinajstić information content (AvgIpc) is 2.23. The second kappa shape index (κ2) is 5.08. The van der Waals surface area contributed by atoms with Gasteiger partial charge in [-0.2, -0.15) is 0 Å². The number of aliphatic carboxylic acids is 1. The number of phenolic OH excluding ortho intramolecular Hbond substituents is 5. The summed E-state index contributed by atoms with van der Waals surface area (Å²) < 4.78 is 0. The Balaban J connectivity index is 0.00000256. The molecule has 0 aromatic heterocycles. The van der Waals surface area contributed by atoms with Crippen LogP contribution >= 0.6 is 0 Å². The van der Waals surface area contributed by atoms with E-state index < -0.39 is 46.2 Å². The molecular formula is C9H9LiO7. The summed E-state index contributed by atoms with van der Waals surface area (Å²) in [7, 11) is 0. The van der Waals surface area contributed by atoms with Crippen LogP contribution in [0.15, 0.2) is 0 Å². The number of rotatable bonds is 2. The third-order valence-corrected chi connectivity index (χ3v) is 2.19. The zero-order chi connectivity index (χ0) is 12.6. The first-order valence-corrected chi connectivity index (χ1v) is 4.18. The van der Waals surface area contributed by atoms with Gasteiger partial charge in [0.15, 0.2) is 11.5 Å². The maximum Gasteiger partial charge on any atom is 1.00 e. The van der Waals surface area contributed by atoms with Gasteiger partial charge in [-0.3, -0.25) is 0 Å². The molecule has 7 nitrogen and oxygen atoms in total. The first kappa shape index (κ1) is 15.3. The Bertz CT molecular complexity index is 428. The van der Waals surface area contributed by atoms with Crippen molar-refractivity contribution in [2.45, 2.75) is 12.8 Å². The Hall–Kier alpha value is -1.71. The van der Waals surface area contributed by atoms with Gasteiger partial charge in [0, 0.05) is 11.9 Å². The molecule has 17 heavy (non-hydrogen) atoms. The standard InChI is InChI=1S/C9H10O7.Li/c1-2(9(15)16)3-4(10)6(12)8(14)7(13)5(3)11;/h2,10-14H,1H3,(H,15,16);/q;+1/p-1. The third-order valence-electron chi connectivity index (χ3n) is 2.19. The number of carboxylic acids is 1. The molecule has 0 amide bonds. The Morgan fingerprint density at radius 1 is 0.941 bits per heavy atom. The van der Waals surface area contributed by atoms with Gasteiger partial charge >= 0.3 is 18.9 Å². The molecule has 0 saturated carbocycles. The van der Waals surface area contributed by atoms with E-state index in [1.807, 2.05) is 0 Å². The fourth-order valence-electron chi connectivity index (χ4n) is 1.23. The monoisotopic (exact) mass is 236 g/mol. The summed E-state index contributed by atoms with van der Waals surface area (Å²) in [4.78, 5) is 10.6. The molecule has 0 heterocycles. The molecule has 1 atom stereocenters. The largest absolute Gasteiger partial charge is 1.00 e. The number of carboxylic acid groups (broad SMARTS) is 1. The molecule has 0 aliphatic carbocycles. The van der Waals surface area contributed by atoms with E-state index in [9.17, 15) is 20.1 Å². The first-order valence-electron chi connectivity index (χ1n) is 4.18. The van der Waals surface area contributed by atoms with E-state index in [1.165, 1.54) is 0 Å². The van der Waals surface area contributed by atoms with E-state index in [4.69, 9.17) is 15.3 Å². The number of benzene rings is 1. The molecule has 0 radical (unpaired) electrons. The van der Waals surface area contributed by atoms with Crippen molar-refractivity contribution in [3.05, 3.63) is 5.56 Å². The minimum Gasteiger partial charge on any atom is -0.550 e. The zero-order valence-corrected chi connectivity index (χ0v) is 9.13. The van der Waals surface area contributed by atoms with Crippen molar-refractivity contribution in [2.24, 2.45) is 0 Å². The van der Waals surface area contributed by atoms with E-state index in [1.54, 1.807) is 0 Å². The summed E-state index contributed by atoms with van der Waals surface area (Å²) in [6.07, 6.45) is 0. The molecule has 0 saturated heterocycles. The molecule has 1 unspecified atom stereocenters. The summed E-state index contributed by atoms with van der Waals surface area (Å²) >= 11 is 0. The Kier molecular flexibility index (Phi) is 4.57. The molecule has 1 rings (SSSR count). The minimum atomic E-state index is -1.63. The summed E-state index contributed by atoms with van der Waals surface area (Å²) in [6.45, 7) is 1.07. The summed E-state index contributed by atoms with van der Waals surface area (Å²) in [6, 6.07) is 0. The second-order valence-electron chi connectivity index (χ2n) is 3.20. The number of phenols is 5. The van der Waals surface area contributed by atoms with Crippen LogP contribution in [0.2, 0.25) is 0 Å². The number of carbonyl (C=O) groups excluding carboxylic acids is 1. The summed E-state index contributed by atoms with van der Waals surface area (Å²) in [5.74, 6) is -8.51. The third kappa shape index (κ3) is 2.35. The van der Waals surface area contributed by atoms with Crippen molar-refractivity contribution in [3.8, 4) is 28.7 Å². The van der Waals surface area contributed by atoms with E-state index in [0.717, 1.165) is 6.92 Å². The first-order chi connectivity index (χ1) is 7.29. The van der Waals surface area contributed by atoms with Crippen molar-refractivity contribution >= 4 is 5.97 Å². The SMILES string of the molecule is CC(C(=O)[O-])c1c(O)c(O)c(O)c(O)c1O.[Li+]. The molecule has 0 fully saturated rings. The summed E-state index contributed by atoms with van der Waals surface area (Å²) in [5.41, 5.74) is -0.632. The average molecular weight is 236 g/mol. The van der Waals surface area contributed by atoms with Crippen LogP contribution in [-0.4, -0.2) is 31.5 Å². The predicted octanol–water partition coefficient (Wildman–Crippen LogP) is -3.93. The molecule has 0 bridgehead atoms. The van der Waals surface area contributed by atoms with Gasteiger partial charge < -0.3 is 35.4 Å². The topological polar surface area (TPSA) is 141 Å². The summed E-state index contributed by atoms with van der Waals surface area (Å²) in [5, 5.41) is 56.5. The maximum absolute atomic E-state index is 10.6. The van der Waals surface area contributed by atoms with Gasteiger partial charge in [0.25, 0.3) is 0 Å². The molecule has 88 valence electrons. The van der Waals surface area contributed by atoms with Crippen molar-refractivity contribution in [2.75, 3.05) is 0 Å². The zero-order valence-electron chi connectivity index (χ0n) is 9.13. The fourth-order valence-corrected chi connectivity index (χ4v) is 1.23. The van der Waals surface area contributed by atoms with Crippen LogP contribution < -0.4 is 24.0 Å². The van der Waals surface area contributed by atoms with Crippen LogP contribution in [0.5, 0.6) is 28.7 Å². The van der Waals surface area contributed by atoms with Crippen LogP contribution in [-0.2, 0) is 4.79 Å². The minimum absolute atomic E-state index is 0. The number of carbonyl (C=O) groups is 1. The van der Waals surface area contributed by atoms with Gasteiger partial charge in [0.1, 0.15) is 0 Å².